The Morgan fingerprint density at radius 2 is 2.07 bits per heavy atom. The number of ether oxygens (including phenoxy) is 1. The summed E-state index contributed by atoms with van der Waals surface area (Å²) in [6, 6.07) is 5.67. The monoisotopic (exact) mass is 445 g/mol. The highest BCUT2D eigenvalue weighted by molar-refractivity contribution is 7.99. The van der Waals surface area contributed by atoms with Crippen molar-refractivity contribution in [3.8, 4) is 5.75 Å². The highest BCUT2D eigenvalue weighted by Gasteiger charge is 2.09. The molecule has 1 aromatic carbocycles. The van der Waals surface area contributed by atoms with Gasteiger partial charge in [0.25, 0.3) is 0 Å². The number of thioether (sulfide) groups is 2. The molecule has 4 N–H and O–H groups in total. The van der Waals surface area contributed by atoms with E-state index in [-0.39, 0.29) is 0 Å². The number of carboxylic acid groups (broad SMARTS) is 1. The van der Waals surface area contributed by atoms with Gasteiger partial charge in [-0.1, -0.05) is 20.8 Å². The minimum absolute atomic E-state index is 0.476. The van der Waals surface area contributed by atoms with Gasteiger partial charge in [0.1, 0.15) is 11.8 Å². The second-order valence-corrected chi connectivity index (χ2v) is 7.84. The normalized spacial score (nSPS) is 11.8. The number of hydrogen-bond acceptors (Lipinski definition) is 7. The molecule has 0 bridgehead atoms. The largest absolute Gasteiger partial charge is 0.493 e. The number of carbonyl (C=O) groups is 1. The van der Waals surface area contributed by atoms with Gasteiger partial charge in [-0.3, -0.25) is 9.79 Å². The van der Waals surface area contributed by atoms with Gasteiger partial charge in [0, 0.05) is 16.7 Å². The molecule has 0 aliphatic carbocycles. The summed E-state index contributed by atoms with van der Waals surface area (Å²) in [4.78, 5) is 15.2. The summed E-state index contributed by atoms with van der Waals surface area (Å²) in [5, 5.41) is 11.5. The topological polar surface area (TPSA) is 96.9 Å². The number of nitrogens with one attached hydrogen (secondary N) is 1. The van der Waals surface area contributed by atoms with E-state index in [1.165, 1.54) is 0 Å². The maximum atomic E-state index is 10.2. The smallest absolute Gasteiger partial charge is 0.321 e. The van der Waals surface area contributed by atoms with Crippen LogP contribution in [-0.2, 0) is 4.79 Å². The molecule has 29 heavy (non-hydrogen) atoms. The Balaban J connectivity index is 0. The number of nitrogens with zero attached hydrogens (tertiary/aromatic N) is 1. The molecule has 0 saturated heterocycles. The number of aliphatic imine (C=N–C) groups is 1. The van der Waals surface area contributed by atoms with Crippen molar-refractivity contribution in [1.29, 1.82) is 0 Å². The van der Waals surface area contributed by atoms with E-state index in [0.717, 1.165) is 41.5 Å². The Kier molecular flexibility index (Phi) is 20.7. The van der Waals surface area contributed by atoms with Crippen molar-refractivity contribution in [2.75, 3.05) is 31.4 Å². The molecule has 2 unspecified atom stereocenters. The van der Waals surface area contributed by atoms with E-state index in [0.29, 0.717) is 11.8 Å². The van der Waals surface area contributed by atoms with Gasteiger partial charge < -0.3 is 20.9 Å². The molecule has 0 radical (unpaired) electrons. The highest BCUT2D eigenvalue weighted by atomic mass is 32.2. The quantitative estimate of drug-likeness (QED) is 0.244. The lowest BCUT2D eigenvalue weighted by Gasteiger charge is -2.12. The number of hydrogen-bond donors (Lipinski definition) is 3. The van der Waals surface area contributed by atoms with Gasteiger partial charge in [0.2, 0.25) is 0 Å². The van der Waals surface area contributed by atoms with Crippen LogP contribution >= 0.6 is 23.5 Å². The summed E-state index contributed by atoms with van der Waals surface area (Å²) in [5.41, 5.74) is 6.15. The summed E-state index contributed by atoms with van der Waals surface area (Å²) in [6.07, 6.45) is 4.08. The standard InChI is InChI=1S/C13H20N2OS.C6H13NO2S.C2H6/c1-10(14-2)7-8-16-11-5-6-12(15-3)13(9-11)17-4;1-2-3-10-4-5(7)6(8)9;1-2/h5-6,9-10,14H,3,7-8H2,1-2,4H3;5H,2-4,7H2,1H3,(H,8,9);1-2H3. The average molecular weight is 446 g/mol. The fraction of sp³-hybridized carbons (Fsp3) is 0.619. The molecule has 0 amide bonds. The molecular weight excluding hydrogens is 406 g/mol. The van der Waals surface area contributed by atoms with Gasteiger partial charge in [0.05, 0.1) is 12.3 Å². The Bertz CT molecular complexity index is 560. The van der Waals surface area contributed by atoms with Gasteiger partial charge in [-0.05, 0) is 63.7 Å². The van der Waals surface area contributed by atoms with Crippen LogP contribution in [0.3, 0.4) is 0 Å². The first kappa shape index (κ1) is 30.0. The first-order chi connectivity index (χ1) is 13.9. The van der Waals surface area contributed by atoms with Crippen LogP contribution in [0.4, 0.5) is 5.69 Å². The minimum Gasteiger partial charge on any atom is -0.493 e. The van der Waals surface area contributed by atoms with E-state index in [2.05, 4.69) is 30.9 Å². The number of aliphatic carboxylic acids is 1. The fourth-order valence-electron chi connectivity index (χ4n) is 1.80. The minimum atomic E-state index is -0.913. The third kappa shape index (κ3) is 15.3. The number of nitrogens with two attached hydrogens (primary N) is 1. The van der Waals surface area contributed by atoms with Crippen molar-refractivity contribution in [3.63, 3.8) is 0 Å². The van der Waals surface area contributed by atoms with Gasteiger partial charge in [-0.25, -0.2) is 0 Å². The Morgan fingerprint density at radius 1 is 1.41 bits per heavy atom. The van der Waals surface area contributed by atoms with Crippen molar-refractivity contribution < 1.29 is 14.6 Å². The third-order valence-corrected chi connectivity index (χ3v) is 5.66. The Morgan fingerprint density at radius 3 is 2.55 bits per heavy atom. The molecule has 1 aromatic rings. The third-order valence-electron chi connectivity index (χ3n) is 3.60. The van der Waals surface area contributed by atoms with Crippen molar-refractivity contribution >= 4 is 41.9 Å². The van der Waals surface area contributed by atoms with E-state index in [1.54, 1.807) is 23.5 Å². The lowest BCUT2D eigenvalue weighted by Crippen LogP contribution is -2.32. The summed E-state index contributed by atoms with van der Waals surface area (Å²) in [6.45, 7) is 12.5. The molecular formula is C21H39N3O3S2. The molecule has 1 rings (SSSR count). The van der Waals surface area contributed by atoms with Crippen LogP contribution in [0.2, 0.25) is 0 Å². The molecule has 8 heteroatoms. The van der Waals surface area contributed by atoms with E-state index in [4.69, 9.17) is 15.6 Å². The molecule has 168 valence electrons. The molecule has 0 heterocycles. The summed E-state index contributed by atoms with van der Waals surface area (Å²) >= 11 is 3.24. The van der Waals surface area contributed by atoms with Gasteiger partial charge in [-0.15, -0.1) is 11.8 Å². The van der Waals surface area contributed by atoms with Crippen LogP contribution in [0.5, 0.6) is 5.75 Å². The Hall–Kier alpha value is -1.22. The molecule has 0 aromatic heterocycles. The maximum absolute atomic E-state index is 10.2. The number of carboxylic acids is 1. The zero-order valence-corrected chi connectivity index (χ0v) is 20.4. The zero-order chi connectivity index (χ0) is 22.7. The number of rotatable bonds is 12. The van der Waals surface area contributed by atoms with E-state index in [1.807, 2.05) is 45.4 Å². The molecule has 0 aliphatic rings. The number of benzene rings is 1. The van der Waals surface area contributed by atoms with E-state index < -0.39 is 12.0 Å². The molecule has 2 atom stereocenters. The summed E-state index contributed by atoms with van der Waals surface area (Å²) in [7, 11) is 1.96. The van der Waals surface area contributed by atoms with Gasteiger partial charge in [-0.2, -0.15) is 11.8 Å². The lowest BCUT2D eigenvalue weighted by molar-refractivity contribution is -0.137. The molecule has 0 saturated carbocycles. The van der Waals surface area contributed by atoms with E-state index in [9.17, 15) is 4.79 Å². The van der Waals surface area contributed by atoms with Crippen molar-refractivity contribution in [2.45, 2.75) is 57.5 Å². The average Bonchev–Trinajstić information content (AvgIpc) is 2.75. The summed E-state index contributed by atoms with van der Waals surface area (Å²) in [5.74, 6) is 1.48. The summed E-state index contributed by atoms with van der Waals surface area (Å²) < 4.78 is 5.71. The van der Waals surface area contributed by atoms with Crippen LogP contribution in [0.1, 0.15) is 40.5 Å². The molecule has 0 aliphatic heterocycles. The first-order valence-electron chi connectivity index (χ1n) is 9.90. The van der Waals surface area contributed by atoms with Crippen molar-refractivity contribution in [1.82, 2.24) is 5.32 Å². The van der Waals surface area contributed by atoms with Crippen LogP contribution in [-0.4, -0.2) is 61.3 Å². The van der Waals surface area contributed by atoms with Crippen molar-refractivity contribution in [3.05, 3.63) is 18.2 Å². The van der Waals surface area contributed by atoms with Crippen molar-refractivity contribution in [2.24, 2.45) is 10.7 Å². The second-order valence-electron chi connectivity index (χ2n) is 5.84. The van der Waals surface area contributed by atoms with Crippen LogP contribution < -0.4 is 15.8 Å². The Labute approximate surface area is 185 Å². The predicted molar refractivity (Wildman–Crippen MR) is 131 cm³/mol. The zero-order valence-electron chi connectivity index (χ0n) is 18.7. The fourth-order valence-corrected chi connectivity index (χ4v) is 3.23. The lowest BCUT2D eigenvalue weighted by atomic mass is 10.2. The van der Waals surface area contributed by atoms with Crippen LogP contribution in [0.25, 0.3) is 0 Å². The SMILES string of the molecule is C=Nc1ccc(OCCC(C)NC)cc1SC.CC.CCCSCC(N)C(=O)O. The molecule has 0 fully saturated rings. The van der Waals surface area contributed by atoms with Crippen LogP contribution in [0.15, 0.2) is 28.1 Å². The van der Waals surface area contributed by atoms with Gasteiger partial charge in [0.15, 0.2) is 0 Å². The first-order valence-corrected chi connectivity index (χ1v) is 12.3. The van der Waals surface area contributed by atoms with Crippen LogP contribution in [0, 0.1) is 0 Å². The second kappa shape index (κ2) is 20.1. The van der Waals surface area contributed by atoms with E-state index >= 15 is 0 Å². The molecule has 0 spiro atoms. The molecule has 6 nitrogen and oxygen atoms in total. The maximum Gasteiger partial charge on any atom is 0.321 e. The predicted octanol–water partition coefficient (Wildman–Crippen LogP) is 4.69. The van der Waals surface area contributed by atoms with Gasteiger partial charge >= 0.3 is 5.97 Å². The highest BCUT2D eigenvalue weighted by Crippen LogP contribution is 2.31.